The maximum atomic E-state index is 5.03. The van der Waals surface area contributed by atoms with Gasteiger partial charge in [-0.15, -0.1) is 0 Å². The first kappa shape index (κ1) is 6.72. The van der Waals surface area contributed by atoms with E-state index in [9.17, 15) is 0 Å². The Balaban J connectivity index is 3.15. The zero-order valence-electron chi connectivity index (χ0n) is 3.82. The van der Waals surface area contributed by atoms with E-state index >= 15 is 0 Å². The first-order valence-corrected chi connectivity index (χ1v) is 4.00. The molecule has 0 radical (unpaired) electrons. The molecule has 40 valence electrons. The van der Waals surface area contributed by atoms with E-state index < -0.39 is 0 Å². The molecule has 0 bridgehead atoms. The molecule has 0 saturated carbocycles. The summed E-state index contributed by atoms with van der Waals surface area (Å²) in [6.45, 7) is 3.35. The molecule has 0 unspecified atom stereocenters. The summed E-state index contributed by atoms with van der Waals surface area (Å²) in [6, 6.07) is 0. The van der Waals surface area contributed by atoms with Gasteiger partial charge in [0.05, 0.1) is 0 Å². The van der Waals surface area contributed by atoms with Crippen LogP contribution in [0.3, 0.4) is 0 Å². The molecule has 0 aliphatic heterocycles. The van der Waals surface area contributed by atoms with Crippen molar-refractivity contribution in [3.8, 4) is 0 Å². The number of nitrogens with two attached hydrogens (primary N) is 1. The normalized spacial score (nSPS) is 9.14. The molecule has 0 saturated heterocycles. The Hall–Kier alpha value is -0.280. The van der Waals surface area contributed by atoms with E-state index in [0.29, 0.717) is 0 Å². The zero-order chi connectivity index (χ0) is 5.54. The fourth-order valence-corrected chi connectivity index (χ4v) is 0.714. The van der Waals surface area contributed by atoms with E-state index in [2.05, 4.69) is 15.7 Å². The van der Waals surface area contributed by atoms with Crippen LogP contribution < -0.4 is 30.4 Å². The molecule has 0 rings (SSSR count). The van der Waals surface area contributed by atoms with Crippen LogP contribution in [0.5, 0.6) is 0 Å². The van der Waals surface area contributed by atoms with Crippen LogP contribution in [-0.2, 0) is 0 Å². The van der Waals surface area contributed by atoms with E-state index in [0.717, 1.165) is 0 Å². The molecule has 0 atom stereocenters. The van der Waals surface area contributed by atoms with Crippen LogP contribution in [0.25, 0.3) is 0 Å². The second kappa shape index (κ2) is 5.72. The van der Waals surface area contributed by atoms with Gasteiger partial charge in [0, 0.05) is 0 Å². The number of hydrogen-bond donors (Lipinski definition) is 2. The molecular weight excluding hydrogens is 203 g/mol. The first-order chi connectivity index (χ1) is 3.41. The first-order valence-electron chi connectivity index (χ1n) is 1.68. The quantitative estimate of drug-likeness (QED) is 0.268. The summed E-state index contributed by atoms with van der Waals surface area (Å²) >= 11 is -0.104. The second-order valence-electron chi connectivity index (χ2n) is 0.699. The van der Waals surface area contributed by atoms with Gasteiger partial charge in [-0.3, -0.25) is 0 Å². The van der Waals surface area contributed by atoms with Crippen LogP contribution in [0.1, 0.15) is 0 Å². The molecule has 3 N–H and O–H groups in total. The van der Waals surface area contributed by atoms with Crippen molar-refractivity contribution in [1.29, 1.82) is 0 Å². The van der Waals surface area contributed by atoms with E-state index in [1.54, 1.807) is 0 Å². The molecule has 0 aliphatic carbocycles. The standard InChI is InChI=1S/C4H7IN2/c1-2-7-5-3-4-6/h3-4,7H,1,6H2/b4-3-. The number of rotatable bonds is 2. The maximum absolute atomic E-state index is 5.03. The molecule has 3 heteroatoms. The van der Waals surface area contributed by atoms with Gasteiger partial charge >= 0.3 is 53.1 Å². The number of halogens is 1. The monoisotopic (exact) mass is 210 g/mol. The van der Waals surface area contributed by atoms with Crippen molar-refractivity contribution in [1.82, 2.24) is 0 Å². The predicted octanol–water partition coefficient (Wildman–Crippen LogP) is -4.64. The Morgan fingerprint density at radius 3 is 3.00 bits per heavy atom. The summed E-state index contributed by atoms with van der Waals surface area (Å²) in [5.74, 6) is 2.54. The summed E-state index contributed by atoms with van der Waals surface area (Å²) in [7, 11) is 0. The summed E-state index contributed by atoms with van der Waals surface area (Å²) in [5.41, 5.74) is 5.03. The van der Waals surface area contributed by atoms with Gasteiger partial charge in [-0.05, 0) is 0 Å². The fraction of sp³-hybridized carbons (Fsp3) is 0. The average molecular weight is 210 g/mol. The van der Waals surface area contributed by atoms with Gasteiger partial charge in [-0.25, -0.2) is 0 Å². The van der Waals surface area contributed by atoms with E-state index in [1.165, 1.54) is 6.20 Å². The molecular formula is C4H7IN2. The fourth-order valence-electron chi connectivity index (χ4n) is 0.106. The summed E-state index contributed by atoms with van der Waals surface area (Å²) in [4.78, 5) is 0. The summed E-state index contributed by atoms with van der Waals surface area (Å²) in [6.07, 6.45) is 1.53. The van der Waals surface area contributed by atoms with Crippen molar-refractivity contribution in [3.63, 3.8) is 0 Å². The van der Waals surface area contributed by atoms with Gasteiger partial charge in [-0.1, -0.05) is 0 Å². The van der Waals surface area contributed by atoms with Gasteiger partial charge in [-0.2, -0.15) is 0 Å². The van der Waals surface area contributed by atoms with E-state index in [-0.39, 0.29) is 21.5 Å². The van der Waals surface area contributed by atoms with Crippen LogP contribution in [0.15, 0.2) is 16.9 Å². The third-order valence-electron chi connectivity index (χ3n) is 0.257. The Morgan fingerprint density at radius 2 is 2.57 bits per heavy atom. The molecule has 0 aromatic heterocycles. The zero-order valence-corrected chi connectivity index (χ0v) is 5.97. The van der Waals surface area contributed by atoms with Crippen molar-refractivity contribution in [2.24, 2.45) is 5.73 Å². The molecule has 0 amide bonds. The topological polar surface area (TPSA) is 40.0 Å². The molecule has 0 aromatic carbocycles. The van der Waals surface area contributed by atoms with E-state index in [4.69, 9.17) is 5.73 Å². The van der Waals surface area contributed by atoms with Crippen LogP contribution in [-0.4, -0.2) is 5.87 Å². The molecule has 0 heterocycles. The Kier molecular flexibility index (Phi) is 5.49. The Morgan fingerprint density at radius 1 is 1.86 bits per heavy atom. The summed E-state index contributed by atoms with van der Waals surface area (Å²) in [5, 5.41) is 0. The minimum absolute atomic E-state index is 0.104. The molecule has 0 aromatic rings. The molecule has 0 spiro atoms. The van der Waals surface area contributed by atoms with Crippen LogP contribution in [0, 0.1) is 0 Å². The SMILES string of the molecule is C=C=[NH+][I-]/C=C\N. The average Bonchev–Trinajstić information content (AvgIpc) is 1.69. The van der Waals surface area contributed by atoms with Crippen molar-refractivity contribution in [2.75, 3.05) is 0 Å². The van der Waals surface area contributed by atoms with Crippen molar-refractivity contribution >= 4 is 5.87 Å². The van der Waals surface area contributed by atoms with E-state index in [1.807, 2.05) is 4.08 Å². The van der Waals surface area contributed by atoms with Gasteiger partial charge < -0.3 is 0 Å². The van der Waals surface area contributed by atoms with Gasteiger partial charge in [0.15, 0.2) is 0 Å². The third-order valence-corrected chi connectivity index (χ3v) is 1.72. The van der Waals surface area contributed by atoms with Crippen molar-refractivity contribution in [2.45, 2.75) is 0 Å². The Bertz CT molecular complexity index is 102. The molecule has 2 nitrogen and oxygen atoms in total. The van der Waals surface area contributed by atoms with Crippen LogP contribution >= 0.6 is 0 Å². The summed E-state index contributed by atoms with van der Waals surface area (Å²) < 4.78 is 4.72. The second-order valence-corrected chi connectivity index (χ2v) is 2.58. The minimum atomic E-state index is -0.104. The van der Waals surface area contributed by atoms with Crippen molar-refractivity contribution < 1.29 is 24.7 Å². The number of hydrogen-bond acceptors (Lipinski definition) is 1. The van der Waals surface area contributed by atoms with Gasteiger partial charge in [0.1, 0.15) is 0 Å². The number of nitrogens with one attached hydrogen (secondary N) is 1. The molecule has 7 heavy (non-hydrogen) atoms. The van der Waals surface area contributed by atoms with Gasteiger partial charge in [0.2, 0.25) is 0 Å². The van der Waals surface area contributed by atoms with Gasteiger partial charge in [0.25, 0.3) is 0 Å². The molecule has 0 fully saturated rings. The predicted molar refractivity (Wildman–Crippen MR) is 24.9 cm³/mol. The van der Waals surface area contributed by atoms with Crippen molar-refractivity contribution in [3.05, 3.63) is 16.9 Å². The molecule has 0 aliphatic rings. The van der Waals surface area contributed by atoms with Crippen LogP contribution in [0.4, 0.5) is 0 Å². The Labute approximate surface area is 53.4 Å². The van der Waals surface area contributed by atoms with Crippen LogP contribution in [0.2, 0.25) is 0 Å². The third kappa shape index (κ3) is 5.72.